The average Bonchev–Trinajstić information content (AvgIpc) is 2.35. The van der Waals surface area contributed by atoms with Gasteiger partial charge in [-0.2, -0.15) is 5.10 Å². The van der Waals surface area contributed by atoms with Crippen LogP contribution in [0.25, 0.3) is 10.9 Å². The summed E-state index contributed by atoms with van der Waals surface area (Å²) >= 11 is 11.6. The van der Waals surface area contributed by atoms with Gasteiger partial charge < -0.3 is 0 Å². The Kier molecular flexibility index (Phi) is 1.49. The number of aryl methyl sites for hydroxylation is 1. The Morgan fingerprint density at radius 3 is 3.00 bits per heavy atom. The fraction of sp³-hybridized carbons (Fsp3) is 0.125. The lowest BCUT2D eigenvalue weighted by molar-refractivity contribution is 0.797. The second-order valence-electron chi connectivity index (χ2n) is 2.48. The second kappa shape index (κ2) is 2.64. The Balaban J connectivity index is 2.98. The van der Waals surface area contributed by atoms with Gasteiger partial charge in [-0.05, 0) is 18.2 Å². The summed E-state index contributed by atoms with van der Waals surface area (Å²) in [5, 5.41) is 5.32. The lowest BCUT2D eigenvalue weighted by Gasteiger charge is -1.92. The summed E-state index contributed by atoms with van der Waals surface area (Å²) in [6.07, 6.45) is 0. The Morgan fingerprint density at radius 1 is 1.50 bits per heavy atom. The van der Waals surface area contributed by atoms with Gasteiger partial charge in [0, 0.05) is 17.5 Å². The standard InChI is InChI=1S/C8H6Cl2N2/c1-12-7-3-2-5(9)4-6(7)8(10)11-12/h2-4H,1H3/i4D. The van der Waals surface area contributed by atoms with Crippen molar-refractivity contribution >= 4 is 34.1 Å². The van der Waals surface area contributed by atoms with Crippen molar-refractivity contribution in [2.45, 2.75) is 0 Å². The molecular weight excluding hydrogens is 195 g/mol. The van der Waals surface area contributed by atoms with Crippen molar-refractivity contribution in [3.63, 3.8) is 0 Å². The van der Waals surface area contributed by atoms with Crippen molar-refractivity contribution in [3.05, 3.63) is 28.4 Å². The molecule has 0 saturated carbocycles. The maximum absolute atomic E-state index is 7.67. The largest absolute Gasteiger partial charge is 0.266 e. The minimum absolute atomic E-state index is 0.234. The van der Waals surface area contributed by atoms with Gasteiger partial charge in [0.25, 0.3) is 0 Å². The van der Waals surface area contributed by atoms with Gasteiger partial charge >= 0.3 is 0 Å². The van der Waals surface area contributed by atoms with Crippen LogP contribution in [-0.2, 0) is 7.05 Å². The summed E-state index contributed by atoms with van der Waals surface area (Å²) < 4.78 is 9.30. The van der Waals surface area contributed by atoms with E-state index in [1.165, 1.54) is 0 Å². The van der Waals surface area contributed by atoms with Crippen molar-refractivity contribution < 1.29 is 1.37 Å². The highest BCUT2D eigenvalue weighted by Gasteiger charge is 2.05. The maximum atomic E-state index is 7.67. The van der Waals surface area contributed by atoms with Gasteiger partial charge in [-0.25, -0.2) is 0 Å². The number of hydrogen-bond acceptors (Lipinski definition) is 1. The molecule has 0 atom stereocenters. The van der Waals surface area contributed by atoms with Gasteiger partial charge in [0.05, 0.1) is 6.89 Å². The smallest absolute Gasteiger partial charge is 0.158 e. The van der Waals surface area contributed by atoms with E-state index in [1.807, 2.05) is 0 Å². The van der Waals surface area contributed by atoms with Gasteiger partial charge in [0.2, 0.25) is 0 Å². The first-order chi connectivity index (χ1) is 6.11. The van der Waals surface area contributed by atoms with Gasteiger partial charge in [0.1, 0.15) is 0 Å². The van der Waals surface area contributed by atoms with E-state index in [0.717, 1.165) is 5.52 Å². The van der Waals surface area contributed by atoms with E-state index in [-0.39, 0.29) is 6.04 Å². The zero-order valence-corrected chi connectivity index (χ0v) is 7.82. The molecular formula is C8H6Cl2N2. The average molecular weight is 202 g/mol. The Bertz CT molecular complexity index is 478. The molecule has 1 heterocycles. The summed E-state index contributed by atoms with van der Waals surface area (Å²) in [7, 11) is 1.78. The lowest BCUT2D eigenvalue weighted by Crippen LogP contribution is -1.87. The molecule has 12 heavy (non-hydrogen) atoms. The van der Waals surface area contributed by atoms with E-state index >= 15 is 0 Å². The number of nitrogens with zero attached hydrogens (tertiary/aromatic N) is 2. The fourth-order valence-electron chi connectivity index (χ4n) is 1.12. The monoisotopic (exact) mass is 201 g/mol. The third-order valence-corrected chi connectivity index (χ3v) is 2.17. The minimum Gasteiger partial charge on any atom is -0.266 e. The first-order valence-corrected chi connectivity index (χ1v) is 4.14. The first-order valence-electron chi connectivity index (χ1n) is 3.88. The molecule has 2 rings (SSSR count). The van der Waals surface area contributed by atoms with Gasteiger partial charge in [-0.15, -0.1) is 0 Å². The van der Waals surface area contributed by atoms with Crippen molar-refractivity contribution in [2.24, 2.45) is 7.05 Å². The quantitative estimate of drug-likeness (QED) is 0.642. The Labute approximate surface area is 81.1 Å². The molecule has 4 heteroatoms. The summed E-state index contributed by atoms with van der Waals surface area (Å²) in [4.78, 5) is 0. The molecule has 0 fully saturated rings. The predicted octanol–water partition coefficient (Wildman–Crippen LogP) is 2.88. The molecule has 2 aromatic rings. The normalized spacial score (nSPS) is 12.1. The van der Waals surface area contributed by atoms with Crippen LogP contribution in [0.5, 0.6) is 0 Å². The predicted molar refractivity (Wildman–Crippen MR) is 50.7 cm³/mol. The van der Waals surface area contributed by atoms with Crippen molar-refractivity contribution in [2.75, 3.05) is 0 Å². The Hall–Kier alpha value is -0.730. The molecule has 0 N–H and O–H groups in total. The van der Waals surface area contributed by atoms with Crippen LogP contribution < -0.4 is 0 Å². The summed E-state index contributed by atoms with van der Waals surface area (Å²) in [6.45, 7) is 0. The third kappa shape index (κ3) is 1.08. The van der Waals surface area contributed by atoms with Crippen molar-refractivity contribution in [3.8, 4) is 0 Å². The molecule has 1 aromatic carbocycles. The molecule has 0 amide bonds. The second-order valence-corrected chi connectivity index (χ2v) is 3.25. The highest BCUT2D eigenvalue weighted by Crippen LogP contribution is 2.24. The minimum atomic E-state index is 0.234. The molecule has 62 valence electrons. The number of hydrogen-bond donors (Lipinski definition) is 0. The van der Waals surface area contributed by atoms with Crippen LogP contribution in [0.3, 0.4) is 0 Å². The number of halogens is 2. The van der Waals surface area contributed by atoms with Crippen LogP contribution in [0.4, 0.5) is 0 Å². The SMILES string of the molecule is [2H]c1c(Cl)ccc2c1c(Cl)nn2C. The van der Waals surface area contributed by atoms with Crippen molar-refractivity contribution in [1.82, 2.24) is 9.78 Å². The Morgan fingerprint density at radius 2 is 2.25 bits per heavy atom. The molecule has 0 aliphatic rings. The van der Waals surface area contributed by atoms with E-state index in [0.29, 0.717) is 15.6 Å². The van der Waals surface area contributed by atoms with Crippen LogP contribution in [-0.4, -0.2) is 9.78 Å². The summed E-state index contributed by atoms with van der Waals surface area (Å²) in [5.41, 5.74) is 0.819. The van der Waals surface area contributed by atoms with Crippen LogP contribution >= 0.6 is 23.2 Å². The van der Waals surface area contributed by atoms with Gasteiger partial charge in [0.15, 0.2) is 5.15 Å². The lowest BCUT2D eigenvalue weighted by atomic mass is 10.2. The van der Waals surface area contributed by atoms with E-state index < -0.39 is 0 Å². The highest BCUT2D eigenvalue weighted by atomic mass is 35.5. The molecule has 1 aromatic heterocycles. The summed E-state index contributed by atoms with van der Waals surface area (Å²) in [6, 6.07) is 3.70. The molecule has 0 spiro atoms. The van der Waals surface area contributed by atoms with E-state index in [1.54, 1.807) is 23.9 Å². The highest BCUT2D eigenvalue weighted by molar-refractivity contribution is 6.35. The van der Waals surface area contributed by atoms with E-state index in [9.17, 15) is 0 Å². The maximum Gasteiger partial charge on any atom is 0.158 e. The van der Waals surface area contributed by atoms with Gasteiger partial charge in [-0.1, -0.05) is 23.2 Å². The van der Waals surface area contributed by atoms with Crippen molar-refractivity contribution in [1.29, 1.82) is 0 Å². The third-order valence-electron chi connectivity index (χ3n) is 1.68. The van der Waals surface area contributed by atoms with Crippen LogP contribution in [0.1, 0.15) is 1.37 Å². The number of aromatic nitrogens is 2. The van der Waals surface area contributed by atoms with Crippen LogP contribution in [0.2, 0.25) is 10.2 Å². The van der Waals surface area contributed by atoms with Crippen LogP contribution in [0, 0.1) is 0 Å². The van der Waals surface area contributed by atoms with Gasteiger partial charge in [-0.3, -0.25) is 4.68 Å². The van der Waals surface area contributed by atoms with Crippen LogP contribution in [0.15, 0.2) is 18.2 Å². The molecule has 0 radical (unpaired) electrons. The number of benzene rings is 1. The molecule has 0 saturated heterocycles. The molecule has 2 nitrogen and oxygen atoms in total. The molecule has 0 unspecified atom stereocenters. The van der Waals surface area contributed by atoms with E-state index in [4.69, 9.17) is 24.6 Å². The topological polar surface area (TPSA) is 17.8 Å². The molecule has 0 aliphatic carbocycles. The zero-order chi connectivity index (χ0) is 9.59. The van der Waals surface area contributed by atoms with E-state index in [2.05, 4.69) is 5.10 Å². The number of fused-ring (bicyclic) bond motifs is 1. The molecule has 0 bridgehead atoms. The zero-order valence-electron chi connectivity index (χ0n) is 7.31. The fourth-order valence-corrected chi connectivity index (χ4v) is 1.54. The summed E-state index contributed by atoms with van der Waals surface area (Å²) in [5.74, 6) is 0. The molecule has 0 aliphatic heterocycles. The number of rotatable bonds is 0. The first kappa shape index (κ1) is 6.75.